The first-order valence-corrected chi connectivity index (χ1v) is 10.2. The van der Waals surface area contributed by atoms with Gasteiger partial charge in [0.05, 0.1) is 17.8 Å². The number of hydrogen-bond donors (Lipinski definition) is 1. The summed E-state index contributed by atoms with van der Waals surface area (Å²) < 4.78 is 38.4. The summed E-state index contributed by atoms with van der Waals surface area (Å²) in [4.78, 5) is 30.8. The molecule has 0 aliphatic carbocycles. The van der Waals surface area contributed by atoms with Crippen molar-refractivity contribution in [3.8, 4) is 0 Å². The molecule has 1 heterocycles. The number of carbonyl (C=O) groups excluding carboxylic acids is 2. The van der Waals surface area contributed by atoms with Crippen LogP contribution < -0.4 is 5.32 Å². The van der Waals surface area contributed by atoms with E-state index in [0.29, 0.717) is 17.4 Å². The maximum absolute atomic E-state index is 12.9. The van der Waals surface area contributed by atoms with Crippen molar-refractivity contribution in [1.29, 1.82) is 0 Å². The Morgan fingerprint density at radius 2 is 1.80 bits per heavy atom. The molecule has 2 aromatic carbocycles. The van der Waals surface area contributed by atoms with Gasteiger partial charge in [0.2, 0.25) is 11.8 Å². The summed E-state index contributed by atoms with van der Waals surface area (Å²) in [7, 11) is 0. The first-order valence-electron chi connectivity index (χ1n) is 9.32. The molecule has 0 unspecified atom stereocenters. The van der Waals surface area contributed by atoms with Gasteiger partial charge in [0.1, 0.15) is 5.25 Å². The Labute approximate surface area is 176 Å². The molecule has 0 saturated carbocycles. The minimum absolute atomic E-state index is 0.00859. The molecule has 0 aromatic heterocycles. The number of thioether (sulfide) groups is 1. The Bertz CT molecular complexity index is 931. The molecule has 1 atom stereocenters. The van der Waals surface area contributed by atoms with Crippen molar-refractivity contribution in [2.75, 3.05) is 6.54 Å². The normalized spacial score (nSPS) is 18.1. The standard InChI is InChI=1S/C21H20F3N3O2S/c1-2-25-18(28)12-17-19(29)27(13-14-6-4-3-5-7-14)20(30-17)26-16-10-8-15(9-11-16)21(22,23)24/h3-11,17H,2,12-13H2,1H3,(H,25,28)/t17-/m1/s1. The number of amides is 2. The Hall–Kier alpha value is -2.81. The smallest absolute Gasteiger partial charge is 0.356 e. The fourth-order valence-electron chi connectivity index (χ4n) is 2.91. The minimum atomic E-state index is -4.43. The number of aliphatic imine (C=N–C) groups is 1. The van der Waals surface area contributed by atoms with Crippen molar-refractivity contribution >= 4 is 34.4 Å². The van der Waals surface area contributed by atoms with Crippen LogP contribution in [0.3, 0.4) is 0 Å². The highest BCUT2D eigenvalue weighted by molar-refractivity contribution is 8.15. The van der Waals surface area contributed by atoms with Crippen LogP contribution in [0, 0.1) is 0 Å². The Balaban J connectivity index is 1.87. The van der Waals surface area contributed by atoms with E-state index in [0.717, 1.165) is 29.5 Å². The molecular weight excluding hydrogens is 415 g/mol. The Morgan fingerprint density at radius 1 is 1.13 bits per heavy atom. The van der Waals surface area contributed by atoms with Gasteiger partial charge in [0, 0.05) is 13.0 Å². The SMILES string of the molecule is CCNC(=O)C[C@H]1SC(=Nc2ccc(C(F)(F)F)cc2)N(Cc2ccccc2)C1=O. The van der Waals surface area contributed by atoms with Crippen LogP contribution in [0.5, 0.6) is 0 Å². The lowest BCUT2D eigenvalue weighted by Crippen LogP contribution is -2.34. The van der Waals surface area contributed by atoms with Crippen LogP contribution in [0.25, 0.3) is 0 Å². The molecule has 30 heavy (non-hydrogen) atoms. The fourth-order valence-corrected chi connectivity index (χ4v) is 4.07. The van der Waals surface area contributed by atoms with Gasteiger partial charge in [0.15, 0.2) is 5.17 Å². The highest BCUT2D eigenvalue weighted by Crippen LogP contribution is 2.34. The number of nitrogens with one attached hydrogen (secondary N) is 1. The van der Waals surface area contributed by atoms with E-state index in [1.807, 2.05) is 30.3 Å². The second kappa shape index (κ2) is 9.34. The number of halogens is 3. The molecule has 158 valence electrons. The number of amidine groups is 1. The van der Waals surface area contributed by atoms with Gasteiger partial charge in [-0.1, -0.05) is 42.1 Å². The van der Waals surface area contributed by atoms with Gasteiger partial charge in [-0.3, -0.25) is 14.5 Å². The molecule has 1 N–H and O–H groups in total. The molecule has 1 fully saturated rings. The summed E-state index contributed by atoms with van der Waals surface area (Å²) in [6, 6.07) is 13.7. The van der Waals surface area contributed by atoms with Crippen LogP contribution in [-0.2, 0) is 22.3 Å². The van der Waals surface area contributed by atoms with Crippen molar-refractivity contribution in [3.63, 3.8) is 0 Å². The number of rotatable bonds is 6. The molecule has 1 aliphatic rings. The first kappa shape index (κ1) is 21.9. The molecule has 2 amide bonds. The molecule has 0 bridgehead atoms. The van der Waals surface area contributed by atoms with Gasteiger partial charge in [-0.15, -0.1) is 0 Å². The summed E-state index contributed by atoms with van der Waals surface area (Å²) in [6.07, 6.45) is -4.42. The highest BCUT2D eigenvalue weighted by Gasteiger charge is 2.39. The van der Waals surface area contributed by atoms with Gasteiger partial charge in [-0.2, -0.15) is 13.2 Å². The Morgan fingerprint density at radius 3 is 2.40 bits per heavy atom. The lowest BCUT2D eigenvalue weighted by molar-refractivity contribution is -0.137. The molecule has 0 radical (unpaired) electrons. The summed E-state index contributed by atoms with van der Waals surface area (Å²) in [5, 5.41) is 2.40. The van der Waals surface area contributed by atoms with Crippen LogP contribution in [0.15, 0.2) is 59.6 Å². The zero-order valence-electron chi connectivity index (χ0n) is 16.1. The van der Waals surface area contributed by atoms with Crippen molar-refractivity contribution < 1.29 is 22.8 Å². The predicted octanol–water partition coefficient (Wildman–Crippen LogP) is 4.36. The lowest BCUT2D eigenvalue weighted by atomic mass is 10.2. The summed E-state index contributed by atoms with van der Waals surface area (Å²) in [6.45, 7) is 2.52. The van der Waals surface area contributed by atoms with Crippen molar-refractivity contribution in [3.05, 3.63) is 65.7 Å². The van der Waals surface area contributed by atoms with E-state index in [1.165, 1.54) is 17.0 Å². The quantitative estimate of drug-likeness (QED) is 0.733. The van der Waals surface area contributed by atoms with Gasteiger partial charge in [-0.25, -0.2) is 4.99 Å². The average Bonchev–Trinajstić information content (AvgIpc) is 2.97. The van der Waals surface area contributed by atoms with E-state index in [1.54, 1.807) is 6.92 Å². The van der Waals surface area contributed by atoms with Gasteiger partial charge in [0.25, 0.3) is 0 Å². The summed E-state index contributed by atoms with van der Waals surface area (Å²) in [5.41, 5.74) is 0.414. The number of benzene rings is 2. The summed E-state index contributed by atoms with van der Waals surface area (Å²) >= 11 is 1.15. The molecule has 1 aliphatic heterocycles. The van der Waals surface area contributed by atoms with Gasteiger partial charge < -0.3 is 5.32 Å². The van der Waals surface area contributed by atoms with Crippen LogP contribution >= 0.6 is 11.8 Å². The maximum atomic E-state index is 12.9. The monoisotopic (exact) mass is 435 g/mol. The van der Waals surface area contributed by atoms with E-state index in [4.69, 9.17) is 0 Å². The van der Waals surface area contributed by atoms with E-state index in [2.05, 4.69) is 10.3 Å². The van der Waals surface area contributed by atoms with Gasteiger partial charge in [-0.05, 0) is 36.8 Å². The number of hydrogen-bond acceptors (Lipinski definition) is 4. The largest absolute Gasteiger partial charge is 0.416 e. The first-order chi connectivity index (χ1) is 14.3. The molecule has 9 heteroatoms. The van der Waals surface area contributed by atoms with Crippen molar-refractivity contribution in [1.82, 2.24) is 10.2 Å². The molecule has 1 saturated heterocycles. The zero-order chi connectivity index (χ0) is 21.7. The maximum Gasteiger partial charge on any atom is 0.416 e. The van der Waals surface area contributed by atoms with Crippen LogP contribution in [0.4, 0.5) is 18.9 Å². The molecule has 5 nitrogen and oxygen atoms in total. The number of carbonyl (C=O) groups is 2. The van der Waals surface area contributed by atoms with Gasteiger partial charge >= 0.3 is 6.18 Å². The van der Waals surface area contributed by atoms with Crippen LogP contribution in [0.1, 0.15) is 24.5 Å². The fraction of sp³-hybridized carbons (Fsp3) is 0.286. The highest BCUT2D eigenvalue weighted by atomic mass is 32.2. The van der Waals surface area contributed by atoms with Crippen LogP contribution in [-0.4, -0.2) is 33.7 Å². The van der Waals surface area contributed by atoms with E-state index >= 15 is 0 Å². The molecule has 0 spiro atoms. The predicted molar refractivity (Wildman–Crippen MR) is 110 cm³/mol. The van der Waals surface area contributed by atoms with E-state index in [-0.39, 0.29) is 24.8 Å². The Kier molecular flexibility index (Phi) is 6.81. The third-order valence-corrected chi connectivity index (χ3v) is 5.54. The van der Waals surface area contributed by atoms with Crippen LogP contribution in [0.2, 0.25) is 0 Å². The topological polar surface area (TPSA) is 61.8 Å². The third kappa shape index (κ3) is 5.41. The zero-order valence-corrected chi connectivity index (χ0v) is 17.0. The third-order valence-electron chi connectivity index (χ3n) is 4.37. The number of nitrogens with zero attached hydrogens (tertiary/aromatic N) is 2. The molecule has 2 aromatic rings. The average molecular weight is 435 g/mol. The minimum Gasteiger partial charge on any atom is -0.356 e. The van der Waals surface area contributed by atoms with Crippen molar-refractivity contribution in [2.45, 2.75) is 31.3 Å². The molecule has 3 rings (SSSR count). The summed E-state index contributed by atoms with van der Waals surface area (Å²) in [5.74, 6) is -0.487. The molecular formula is C21H20F3N3O2S. The van der Waals surface area contributed by atoms with Crippen molar-refractivity contribution in [2.24, 2.45) is 4.99 Å². The number of alkyl halides is 3. The second-order valence-corrected chi connectivity index (χ2v) is 7.78. The van der Waals surface area contributed by atoms with E-state index in [9.17, 15) is 22.8 Å². The lowest BCUT2D eigenvalue weighted by Gasteiger charge is -2.16. The van der Waals surface area contributed by atoms with E-state index < -0.39 is 17.0 Å². The second-order valence-electron chi connectivity index (χ2n) is 6.61.